The van der Waals surface area contributed by atoms with Gasteiger partial charge in [0.05, 0.1) is 12.7 Å². The van der Waals surface area contributed by atoms with Crippen LogP contribution in [0.4, 0.5) is 4.79 Å². The summed E-state index contributed by atoms with van der Waals surface area (Å²) in [6.45, 7) is 3.01. The van der Waals surface area contributed by atoms with Gasteiger partial charge in [-0.3, -0.25) is 4.18 Å². The van der Waals surface area contributed by atoms with E-state index >= 15 is 0 Å². The molecule has 0 radical (unpaired) electrons. The molecular weight excluding hydrogens is 356 g/mol. The summed E-state index contributed by atoms with van der Waals surface area (Å²) in [6, 6.07) is 0. The lowest BCUT2D eigenvalue weighted by Crippen LogP contribution is -2.18. The zero-order valence-corrected chi connectivity index (χ0v) is 16.0. The van der Waals surface area contributed by atoms with E-state index in [1.54, 1.807) is 7.11 Å². The fourth-order valence-electron chi connectivity index (χ4n) is 1.93. The molecule has 1 rings (SSSR count). The van der Waals surface area contributed by atoms with Crippen molar-refractivity contribution in [1.29, 1.82) is 0 Å². The van der Waals surface area contributed by atoms with Crippen LogP contribution in [-0.4, -0.2) is 61.0 Å². The number of methoxy groups -OCH3 is 1. The van der Waals surface area contributed by atoms with E-state index in [1.165, 1.54) is 12.0 Å². The average Bonchev–Trinajstić information content (AvgIpc) is 2.99. The number of hydrogen-bond donors (Lipinski definition) is 0. The molecule has 1 saturated heterocycles. The van der Waals surface area contributed by atoms with Gasteiger partial charge < -0.3 is 18.4 Å². The van der Waals surface area contributed by atoms with Crippen LogP contribution in [-0.2, 0) is 33.7 Å². The van der Waals surface area contributed by atoms with Gasteiger partial charge in [-0.1, -0.05) is 19.8 Å². The van der Waals surface area contributed by atoms with Crippen molar-refractivity contribution in [3.63, 3.8) is 0 Å². The number of cyclic esters (lactones) is 2. The number of carbonyl (C=O) groups excluding carboxylic acids is 1. The van der Waals surface area contributed by atoms with Crippen LogP contribution >= 0.6 is 12.0 Å². The first kappa shape index (κ1) is 21.7. The van der Waals surface area contributed by atoms with Crippen LogP contribution in [0.15, 0.2) is 0 Å². The van der Waals surface area contributed by atoms with E-state index in [1.807, 2.05) is 6.92 Å². The molecule has 1 heterocycles. The van der Waals surface area contributed by atoms with Gasteiger partial charge in [0, 0.05) is 18.6 Å². The summed E-state index contributed by atoms with van der Waals surface area (Å²) in [5, 5.41) is 0. The van der Waals surface area contributed by atoms with Crippen molar-refractivity contribution in [3.05, 3.63) is 0 Å². The van der Waals surface area contributed by atoms with Crippen LogP contribution in [0, 0.1) is 0 Å². The second-order valence-corrected chi connectivity index (χ2v) is 7.51. The molecule has 0 amide bonds. The molecule has 24 heavy (non-hydrogen) atoms. The van der Waals surface area contributed by atoms with Crippen LogP contribution in [0.1, 0.15) is 39.0 Å². The summed E-state index contributed by atoms with van der Waals surface area (Å²) in [4.78, 5) is 10.7. The molecule has 0 N–H and O–H groups in total. The Labute approximate surface area is 150 Å². The largest absolute Gasteiger partial charge is 0.508 e. The highest BCUT2D eigenvalue weighted by atomic mass is 32.2. The van der Waals surface area contributed by atoms with Gasteiger partial charge in [0.25, 0.3) is 0 Å². The number of hydrogen-bond acceptors (Lipinski definition) is 8. The standard InChI is InChI=1S/C15H28O7S2/c1-3-13(18-2)12-21-24(17)9-7-5-4-6-8-23-20-11-14-10-19-15(16)22-14/h13-14H,3-12H2,1-2H3. The topological polar surface area (TPSA) is 80.3 Å². The Balaban J connectivity index is 1.83. The highest BCUT2D eigenvalue weighted by Crippen LogP contribution is 2.13. The van der Waals surface area contributed by atoms with E-state index in [0.717, 1.165) is 37.9 Å². The first-order chi connectivity index (χ1) is 11.7. The van der Waals surface area contributed by atoms with Crippen molar-refractivity contribution in [2.24, 2.45) is 0 Å². The molecule has 0 saturated carbocycles. The molecule has 3 unspecified atom stereocenters. The Bertz CT molecular complexity index is 364. The predicted octanol–water partition coefficient (Wildman–Crippen LogP) is 2.85. The Kier molecular flexibility index (Phi) is 12.6. The van der Waals surface area contributed by atoms with E-state index in [9.17, 15) is 9.00 Å². The highest BCUT2D eigenvalue weighted by Gasteiger charge is 2.24. The molecule has 0 aromatic rings. The van der Waals surface area contributed by atoms with Gasteiger partial charge in [-0.2, -0.15) is 0 Å². The molecule has 3 atom stereocenters. The van der Waals surface area contributed by atoms with Crippen molar-refractivity contribution in [1.82, 2.24) is 0 Å². The third-order valence-electron chi connectivity index (χ3n) is 3.45. The molecule has 0 aromatic carbocycles. The summed E-state index contributed by atoms with van der Waals surface area (Å²) >= 11 is 0.155. The van der Waals surface area contributed by atoms with Gasteiger partial charge in [0.15, 0.2) is 17.2 Å². The van der Waals surface area contributed by atoms with E-state index in [2.05, 4.69) is 4.74 Å². The monoisotopic (exact) mass is 384 g/mol. The smallest absolute Gasteiger partial charge is 0.430 e. The van der Waals surface area contributed by atoms with Crippen molar-refractivity contribution in [2.75, 3.05) is 38.4 Å². The first-order valence-corrected chi connectivity index (χ1v) is 10.4. The molecule has 1 fully saturated rings. The molecule has 0 spiro atoms. The van der Waals surface area contributed by atoms with Crippen LogP contribution in [0.5, 0.6) is 0 Å². The summed E-state index contributed by atoms with van der Waals surface area (Å²) in [5.74, 6) is 1.45. The SMILES string of the molecule is CCC(COS(=O)CCCCCCSOCC1COC(=O)O1)OC. The third kappa shape index (κ3) is 10.5. The average molecular weight is 385 g/mol. The minimum Gasteiger partial charge on any atom is -0.430 e. The van der Waals surface area contributed by atoms with Crippen molar-refractivity contribution >= 4 is 29.3 Å². The summed E-state index contributed by atoms with van der Waals surface area (Å²) in [7, 11) is 1.64. The maximum atomic E-state index is 11.7. The van der Waals surface area contributed by atoms with Crippen molar-refractivity contribution in [2.45, 2.75) is 51.2 Å². The molecule has 9 heteroatoms. The highest BCUT2D eigenvalue weighted by molar-refractivity contribution is 7.94. The quantitative estimate of drug-likeness (QED) is 0.242. The fourth-order valence-corrected chi connectivity index (χ4v) is 3.48. The number of ether oxygens (including phenoxy) is 3. The summed E-state index contributed by atoms with van der Waals surface area (Å²) in [5.41, 5.74) is 0. The summed E-state index contributed by atoms with van der Waals surface area (Å²) in [6.07, 6.45) is 3.95. The van der Waals surface area contributed by atoms with E-state index in [-0.39, 0.29) is 18.8 Å². The minimum atomic E-state index is -1.22. The van der Waals surface area contributed by atoms with Crippen LogP contribution in [0.3, 0.4) is 0 Å². The third-order valence-corrected chi connectivity index (χ3v) is 5.23. The first-order valence-electron chi connectivity index (χ1n) is 8.28. The van der Waals surface area contributed by atoms with Gasteiger partial charge >= 0.3 is 6.16 Å². The normalized spacial score (nSPS) is 19.8. The Morgan fingerprint density at radius 3 is 2.79 bits per heavy atom. The van der Waals surface area contributed by atoms with Gasteiger partial charge in [-0.15, -0.1) is 0 Å². The van der Waals surface area contributed by atoms with Gasteiger partial charge in [0.1, 0.15) is 13.2 Å². The van der Waals surface area contributed by atoms with Gasteiger partial charge in [0.2, 0.25) is 0 Å². The Hall–Kier alpha value is -0.350. The maximum absolute atomic E-state index is 11.7. The van der Waals surface area contributed by atoms with Gasteiger partial charge in [-0.05, 0) is 31.3 Å². The molecular formula is C15H28O7S2. The Morgan fingerprint density at radius 1 is 1.33 bits per heavy atom. The predicted molar refractivity (Wildman–Crippen MR) is 93.1 cm³/mol. The number of unbranched alkanes of at least 4 members (excludes halogenated alkanes) is 3. The zero-order chi connectivity index (χ0) is 17.6. The van der Waals surface area contributed by atoms with E-state index in [0.29, 0.717) is 19.0 Å². The van der Waals surface area contributed by atoms with Crippen molar-refractivity contribution in [3.8, 4) is 0 Å². The lowest BCUT2D eigenvalue weighted by molar-refractivity contribution is 0.0602. The second-order valence-electron chi connectivity index (χ2n) is 5.38. The lowest BCUT2D eigenvalue weighted by Gasteiger charge is -2.12. The molecule has 7 nitrogen and oxygen atoms in total. The Morgan fingerprint density at radius 2 is 2.12 bits per heavy atom. The maximum Gasteiger partial charge on any atom is 0.508 e. The molecule has 0 bridgehead atoms. The lowest BCUT2D eigenvalue weighted by atomic mass is 10.2. The molecule has 1 aliphatic heterocycles. The molecule has 142 valence electrons. The van der Waals surface area contributed by atoms with E-state index in [4.69, 9.17) is 17.8 Å². The van der Waals surface area contributed by atoms with Crippen molar-refractivity contribution < 1.29 is 31.6 Å². The summed E-state index contributed by atoms with van der Waals surface area (Å²) < 4.78 is 37.0. The minimum absolute atomic E-state index is 0.0188. The zero-order valence-electron chi connectivity index (χ0n) is 14.4. The molecule has 0 aliphatic carbocycles. The van der Waals surface area contributed by atoms with E-state index < -0.39 is 17.2 Å². The van der Waals surface area contributed by atoms with Crippen LogP contribution in [0.2, 0.25) is 0 Å². The second kappa shape index (κ2) is 13.9. The fraction of sp³-hybridized carbons (Fsp3) is 0.933. The van der Waals surface area contributed by atoms with Gasteiger partial charge in [-0.25, -0.2) is 9.00 Å². The number of carbonyl (C=O) groups is 1. The molecule has 1 aliphatic rings. The van der Waals surface area contributed by atoms with Crippen LogP contribution < -0.4 is 0 Å². The van der Waals surface area contributed by atoms with Crippen LogP contribution in [0.25, 0.3) is 0 Å². The number of rotatable bonds is 15. The molecule has 0 aromatic heterocycles.